The van der Waals surface area contributed by atoms with Gasteiger partial charge in [-0.3, -0.25) is 9.59 Å². The molecule has 182 valence electrons. The average molecular weight is 467 g/mol. The van der Waals surface area contributed by atoms with Crippen LogP contribution in [0.4, 0.5) is 4.79 Å². The molecule has 2 aromatic carbocycles. The standard InChI is InChI=1S/C27H34N2O5/c1-4-9-18(15-25(30)31)28-26(32)24(14-17(2)3)29-27(33)34-16-23-21-12-7-5-10-19(21)20-11-6-8-13-22(20)23/h5-8,10-13,17-18,23-24H,4,9,14-16H2,1-3H3,(H,28,32)(H,29,33)(H,30,31)/t18?,24-/m0/s1. The van der Waals surface area contributed by atoms with Gasteiger partial charge in [0.1, 0.15) is 12.6 Å². The zero-order chi connectivity index (χ0) is 24.7. The van der Waals surface area contributed by atoms with Crippen LogP contribution in [0.2, 0.25) is 0 Å². The van der Waals surface area contributed by atoms with Gasteiger partial charge >= 0.3 is 12.1 Å². The predicted molar refractivity (Wildman–Crippen MR) is 131 cm³/mol. The van der Waals surface area contributed by atoms with Gasteiger partial charge in [0.05, 0.1) is 6.42 Å². The molecule has 7 nitrogen and oxygen atoms in total. The Balaban J connectivity index is 1.65. The first kappa shape index (κ1) is 25.3. The van der Waals surface area contributed by atoms with Gasteiger partial charge in [-0.1, -0.05) is 75.7 Å². The third-order valence-corrected chi connectivity index (χ3v) is 6.06. The minimum atomic E-state index is -0.969. The van der Waals surface area contributed by atoms with Crippen LogP contribution in [0.25, 0.3) is 11.1 Å². The third kappa shape index (κ3) is 6.37. The first-order valence-corrected chi connectivity index (χ1v) is 11.9. The van der Waals surface area contributed by atoms with Gasteiger partial charge in [0.25, 0.3) is 0 Å². The summed E-state index contributed by atoms with van der Waals surface area (Å²) in [5.41, 5.74) is 4.52. The van der Waals surface area contributed by atoms with Gasteiger partial charge < -0.3 is 20.5 Å². The topological polar surface area (TPSA) is 105 Å². The lowest BCUT2D eigenvalue weighted by atomic mass is 9.98. The fraction of sp³-hybridized carbons (Fsp3) is 0.444. The second kappa shape index (κ2) is 11.7. The van der Waals surface area contributed by atoms with Crippen LogP contribution in [0.5, 0.6) is 0 Å². The molecule has 2 aromatic rings. The van der Waals surface area contributed by atoms with E-state index in [2.05, 4.69) is 22.8 Å². The summed E-state index contributed by atoms with van der Waals surface area (Å²) in [6.45, 7) is 6.01. The molecule has 1 aliphatic carbocycles. The number of carboxylic acids is 1. The van der Waals surface area contributed by atoms with Crippen molar-refractivity contribution in [1.29, 1.82) is 0 Å². The van der Waals surface area contributed by atoms with E-state index in [1.165, 1.54) is 0 Å². The summed E-state index contributed by atoms with van der Waals surface area (Å²) >= 11 is 0. The van der Waals surface area contributed by atoms with Gasteiger partial charge in [-0.25, -0.2) is 4.79 Å². The fourth-order valence-electron chi connectivity index (χ4n) is 4.57. The SMILES string of the molecule is CCCC(CC(=O)O)NC(=O)[C@H](CC(C)C)NC(=O)OCC1c2ccccc2-c2ccccc21. The number of carbonyl (C=O) groups is 3. The molecule has 0 aromatic heterocycles. The molecule has 3 N–H and O–H groups in total. The Kier molecular flexibility index (Phi) is 8.68. The maximum absolute atomic E-state index is 12.9. The van der Waals surface area contributed by atoms with Crippen LogP contribution in [0.15, 0.2) is 48.5 Å². The Morgan fingerprint density at radius 3 is 2.09 bits per heavy atom. The second-order valence-electron chi connectivity index (χ2n) is 9.24. The smallest absolute Gasteiger partial charge is 0.407 e. The summed E-state index contributed by atoms with van der Waals surface area (Å²) in [5.74, 6) is -1.28. The summed E-state index contributed by atoms with van der Waals surface area (Å²) in [7, 11) is 0. The molecule has 2 amide bonds. The largest absolute Gasteiger partial charge is 0.481 e. The number of hydrogen-bond acceptors (Lipinski definition) is 4. The highest BCUT2D eigenvalue weighted by Gasteiger charge is 2.30. The van der Waals surface area contributed by atoms with Gasteiger partial charge in [0, 0.05) is 12.0 Å². The number of carbonyl (C=O) groups excluding carboxylic acids is 2. The van der Waals surface area contributed by atoms with Crippen molar-refractivity contribution in [3.63, 3.8) is 0 Å². The first-order valence-electron chi connectivity index (χ1n) is 11.9. The minimum absolute atomic E-state index is 0.0694. The van der Waals surface area contributed by atoms with E-state index in [0.717, 1.165) is 28.7 Å². The maximum atomic E-state index is 12.9. The van der Waals surface area contributed by atoms with Crippen molar-refractivity contribution in [3.8, 4) is 11.1 Å². The Morgan fingerprint density at radius 2 is 1.56 bits per heavy atom. The van der Waals surface area contributed by atoms with Crippen LogP contribution in [0.1, 0.15) is 63.5 Å². The molecule has 0 heterocycles. The molecule has 0 saturated carbocycles. The lowest BCUT2D eigenvalue weighted by Gasteiger charge is -2.24. The molecule has 7 heteroatoms. The Bertz CT molecular complexity index is 974. The zero-order valence-electron chi connectivity index (χ0n) is 20.0. The number of ether oxygens (including phenoxy) is 1. The zero-order valence-corrected chi connectivity index (χ0v) is 20.0. The van der Waals surface area contributed by atoms with Gasteiger partial charge in [0.2, 0.25) is 5.91 Å². The van der Waals surface area contributed by atoms with Crippen molar-refractivity contribution in [2.75, 3.05) is 6.61 Å². The molecule has 0 bridgehead atoms. The quantitative estimate of drug-likeness (QED) is 0.445. The first-order chi connectivity index (χ1) is 16.3. The van der Waals surface area contributed by atoms with Gasteiger partial charge in [-0.15, -0.1) is 0 Å². The van der Waals surface area contributed by atoms with E-state index >= 15 is 0 Å². The van der Waals surface area contributed by atoms with Crippen molar-refractivity contribution in [2.24, 2.45) is 5.92 Å². The molecule has 1 aliphatic rings. The summed E-state index contributed by atoms with van der Waals surface area (Å²) in [6, 6.07) is 14.9. The fourth-order valence-corrected chi connectivity index (χ4v) is 4.57. The number of benzene rings is 2. The van der Waals surface area contributed by atoms with Crippen LogP contribution in [0.3, 0.4) is 0 Å². The number of alkyl carbamates (subject to hydrolysis) is 1. The normalized spacial score (nSPS) is 14.1. The maximum Gasteiger partial charge on any atom is 0.407 e. The molecule has 0 fully saturated rings. The predicted octanol–water partition coefficient (Wildman–Crippen LogP) is 4.70. The van der Waals surface area contributed by atoms with Crippen molar-refractivity contribution >= 4 is 18.0 Å². The molecule has 0 saturated heterocycles. The summed E-state index contributed by atoms with van der Waals surface area (Å²) < 4.78 is 5.59. The molecule has 3 rings (SSSR count). The Hall–Kier alpha value is -3.35. The highest BCUT2D eigenvalue weighted by molar-refractivity contribution is 5.86. The van der Waals surface area contributed by atoms with E-state index in [9.17, 15) is 14.4 Å². The average Bonchev–Trinajstić information content (AvgIpc) is 3.10. The summed E-state index contributed by atoms with van der Waals surface area (Å²) in [4.78, 5) is 36.7. The van der Waals surface area contributed by atoms with Gasteiger partial charge in [0.15, 0.2) is 0 Å². The number of aliphatic carboxylic acids is 1. The van der Waals surface area contributed by atoms with Crippen molar-refractivity contribution < 1.29 is 24.2 Å². The van der Waals surface area contributed by atoms with Gasteiger partial charge in [-0.05, 0) is 41.0 Å². The van der Waals surface area contributed by atoms with Crippen LogP contribution in [-0.4, -0.2) is 41.8 Å². The molecule has 1 unspecified atom stereocenters. The van der Waals surface area contributed by atoms with E-state index in [1.807, 2.05) is 57.2 Å². The third-order valence-electron chi connectivity index (χ3n) is 6.06. The number of hydrogen-bond donors (Lipinski definition) is 3. The Labute approximate surface area is 200 Å². The summed E-state index contributed by atoms with van der Waals surface area (Å²) in [6.07, 6.45) is 0.901. The van der Waals surface area contributed by atoms with Crippen LogP contribution in [-0.2, 0) is 14.3 Å². The number of nitrogens with one attached hydrogen (secondary N) is 2. The highest BCUT2D eigenvalue weighted by Crippen LogP contribution is 2.44. The minimum Gasteiger partial charge on any atom is -0.481 e. The molecule has 2 atom stereocenters. The molecular weight excluding hydrogens is 432 g/mol. The summed E-state index contributed by atoms with van der Waals surface area (Å²) in [5, 5.41) is 14.6. The molecular formula is C27H34N2O5. The lowest BCUT2D eigenvalue weighted by molar-refractivity contribution is -0.137. The Morgan fingerprint density at radius 1 is 0.971 bits per heavy atom. The molecule has 34 heavy (non-hydrogen) atoms. The van der Waals surface area contributed by atoms with E-state index in [0.29, 0.717) is 12.8 Å². The van der Waals surface area contributed by atoms with Crippen molar-refractivity contribution in [3.05, 3.63) is 59.7 Å². The number of carboxylic acid groups (broad SMARTS) is 1. The van der Waals surface area contributed by atoms with Crippen LogP contribution in [0, 0.1) is 5.92 Å². The van der Waals surface area contributed by atoms with Crippen molar-refractivity contribution in [1.82, 2.24) is 10.6 Å². The number of amides is 2. The monoisotopic (exact) mass is 466 g/mol. The molecule has 0 radical (unpaired) electrons. The van der Waals surface area contributed by atoms with E-state index < -0.39 is 24.1 Å². The van der Waals surface area contributed by atoms with Crippen LogP contribution >= 0.6 is 0 Å². The van der Waals surface area contributed by atoms with Crippen LogP contribution < -0.4 is 10.6 Å². The van der Waals surface area contributed by atoms with Gasteiger partial charge in [-0.2, -0.15) is 0 Å². The second-order valence-corrected chi connectivity index (χ2v) is 9.24. The number of fused-ring (bicyclic) bond motifs is 3. The highest BCUT2D eigenvalue weighted by atomic mass is 16.5. The van der Waals surface area contributed by atoms with Crippen molar-refractivity contribution in [2.45, 2.75) is 64.5 Å². The molecule has 0 spiro atoms. The molecule has 0 aliphatic heterocycles. The van der Waals surface area contributed by atoms with E-state index in [-0.39, 0.29) is 30.8 Å². The number of rotatable bonds is 11. The lowest BCUT2D eigenvalue weighted by Crippen LogP contribution is -2.50. The van der Waals surface area contributed by atoms with E-state index in [4.69, 9.17) is 9.84 Å². The van der Waals surface area contributed by atoms with E-state index in [1.54, 1.807) is 0 Å².